The Labute approximate surface area is 112 Å². The largest absolute Gasteiger partial charge is 0.322 e. The molecule has 0 aromatic carbocycles. The van der Waals surface area contributed by atoms with Crippen molar-refractivity contribution in [2.75, 3.05) is 0 Å². The van der Waals surface area contributed by atoms with Gasteiger partial charge in [-0.25, -0.2) is 0 Å². The van der Waals surface area contributed by atoms with E-state index in [9.17, 15) is 0 Å². The molecule has 0 fully saturated rings. The van der Waals surface area contributed by atoms with Crippen LogP contribution in [0.2, 0.25) is 5.02 Å². The quantitative estimate of drug-likeness (QED) is 0.923. The van der Waals surface area contributed by atoms with Crippen molar-refractivity contribution in [3.05, 3.63) is 46.5 Å². The zero-order valence-electron chi connectivity index (χ0n) is 10.6. The summed E-state index contributed by atoms with van der Waals surface area (Å²) in [6.45, 7) is 4.91. The highest BCUT2D eigenvalue weighted by molar-refractivity contribution is 6.30. The van der Waals surface area contributed by atoms with Crippen molar-refractivity contribution in [2.45, 2.75) is 32.9 Å². The number of rotatable bonds is 4. The summed E-state index contributed by atoms with van der Waals surface area (Å²) in [7, 11) is 0. The van der Waals surface area contributed by atoms with Crippen LogP contribution in [0.1, 0.15) is 30.0 Å². The summed E-state index contributed by atoms with van der Waals surface area (Å²) in [4.78, 5) is 4.25. The number of hydrogen-bond acceptors (Lipinski definition) is 3. The first-order chi connectivity index (χ1) is 8.60. The Hall–Kier alpha value is -1.39. The molecular formula is C13H17ClN4. The van der Waals surface area contributed by atoms with Crippen LogP contribution in [0.15, 0.2) is 24.4 Å². The van der Waals surface area contributed by atoms with Crippen molar-refractivity contribution in [3.63, 3.8) is 0 Å². The molecule has 1 unspecified atom stereocenters. The maximum Gasteiger partial charge on any atom is 0.0596 e. The van der Waals surface area contributed by atoms with Crippen LogP contribution in [0.5, 0.6) is 0 Å². The van der Waals surface area contributed by atoms with Crippen LogP contribution < -0.4 is 5.73 Å². The van der Waals surface area contributed by atoms with Gasteiger partial charge in [-0.05, 0) is 32.0 Å². The van der Waals surface area contributed by atoms with Gasteiger partial charge in [0.2, 0.25) is 0 Å². The summed E-state index contributed by atoms with van der Waals surface area (Å²) in [5.74, 6) is 0. The van der Waals surface area contributed by atoms with Gasteiger partial charge in [0, 0.05) is 24.9 Å². The van der Waals surface area contributed by atoms with E-state index < -0.39 is 0 Å². The highest BCUT2D eigenvalue weighted by atomic mass is 35.5. The van der Waals surface area contributed by atoms with Crippen LogP contribution in [0.25, 0.3) is 0 Å². The van der Waals surface area contributed by atoms with Gasteiger partial charge in [-0.15, -0.1) is 0 Å². The molecule has 4 nitrogen and oxygen atoms in total. The third kappa shape index (κ3) is 2.89. The van der Waals surface area contributed by atoms with Crippen molar-refractivity contribution >= 4 is 11.6 Å². The molecule has 0 saturated carbocycles. The Morgan fingerprint density at radius 3 is 2.83 bits per heavy atom. The monoisotopic (exact) mass is 264 g/mol. The van der Waals surface area contributed by atoms with E-state index in [1.807, 2.05) is 23.7 Å². The first-order valence-electron chi connectivity index (χ1n) is 6.00. The van der Waals surface area contributed by atoms with Gasteiger partial charge in [-0.1, -0.05) is 11.6 Å². The van der Waals surface area contributed by atoms with Gasteiger partial charge in [0.05, 0.1) is 22.5 Å². The summed E-state index contributed by atoms with van der Waals surface area (Å²) >= 11 is 5.81. The summed E-state index contributed by atoms with van der Waals surface area (Å²) in [6, 6.07) is 5.61. The molecule has 0 aliphatic heterocycles. The summed E-state index contributed by atoms with van der Waals surface area (Å²) in [6.07, 6.45) is 2.35. The smallest absolute Gasteiger partial charge is 0.0596 e. The predicted molar refractivity (Wildman–Crippen MR) is 72.5 cm³/mol. The van der Waals surface area contributed by atoms with Crippen molar-refractivity contribution in [3.8, 4) is 0 Å². The third-order valence-electron chi connectivity index (χ3n) is 2.84. The van der Waals surface area contributed by atoms with Crippen molar-refractivity contribution in [1.82, 2.24) is 14.8 Å². The number of aryl methyl sites for hydroxylation is 2. The fourth-order valence-corrected chi connectivity index (χ4v) is 2.09. The molecule has 0 aliphatic carbocycles. The molecule has 0 bridgehead atoms. The van der Waals surface area contributed by atoms with Crippen LogP contribution in [-0.2, 0) is 13.0 Å². The van der Waals surface area contributed by atoms with Gasteiger partial charge in [-0.2, -0.15) is 5.10 Å². The second-order valence-corrected chi connectivity index (χ2v) is 4.74. The van der Waals surface area contributed by atoms with Crippen LogP contribution >= 0.6 is 11.6 Å². The van der Waals surface area contributed by atoms with E-state index in [4.69, 9.17) is 17.3 Å². The molecule has 2 aromatic rings. The highest BCUT2D eigenvalue weighted by Gasteiger charge is 2.12. The predicted octanol–water partition coefficient (Wildman–Crippen LogP) is 2.50. The molecule has 18 heavy (non-hydrogen) atoms. The second-order valence-electron chi connectivity index (χ2n) is 4.30. The first-order valence-corrected chi connectivity index (χ1v) is 6.38. The van der Waals surface area contributed by atoms with E-state index in [2.05, 4.69) is 23.1 Å². The van der Waals surface area contributed by atoms with Gasteiger partial charge in [0.15, 0.2) is 0 Å². The highest BCUT2D eigenvalue weighted by Crippen LogP contribution is 2.16. The number of hydrogen-bond donors (Lipinski definition) is 1. The minimum absolute atomic E-state index is 0.135. The molecule has 0 spiro atoms. The van der Waals surface area contributed by atoms with Gasteiger partial charge < -0.3 is 5.73 Å². The molecule has 96 valence electrons. The second kappa shape index (κ2) is 5.50. The standard InChI is InChI=1S/C13H17ClN4/c1-3-18-11(6-9(2)17-18)7-12(15)13-5-4-10(14)8-16-13/h4-6,8,12H,3,7,15H2,1-2H3. The van der Waals surface area contributed by atoms with Crippen molar-refractivity contribution < 1.29 is 0 Å². The van der Waals surface area contributed by atoms with Gasteiger partial charge in [0.25, 0.3) is 0 Å². The normalized spacial score (nSPS) is 12.7. The molecule has 0 aliphatic rings. The van der Waals surface area contributed by atoms with Crippen LogP contribution in [0.4, 0.5) is 0 Å². The lowest BCUT2D eigenvalue weighted by Crippen LogP contribution is -2.17. The Bertz CT molecular complexity index is 518. The SMILES string of the molecule is CCn1nc(C)cc1CC(N)c1ccc(Cl)cn1. The lowest BCUT2D eigenvalue weighted by atomic mass is 10.1. The summed E-state index contributed by atoms with van der Waals surface area (Å²) < 4.78 is 1.98. The van der Waals surface area contributed by atoms with Crippen molar-refractivity contribution in [1.29, 1.82) is 0 Å². The zero-order chi connectivity index (χ0) is 13.1. The van der Waals surface area contributed by atoms with E-state index in [0.29, 0.717) is 5.02 Å². The molecule has 2 heterocycles. The topological polar surface area (TPSA) is 56.7 Å². The molecule has 0 amide bonds. The molecule has 5 heteroatoms. The van der Waals surface area contributed by atoms with E-state index in [1.54, 1.807) is 6.20 Å². The Balaban J connectivity index is 2.15. The van der Waals surface area contributed by atoms with Gasteiger partial charge in [-0.3, -0.25) is 9.67 Å². The van der Waals surface area contributed by atoms with Crippen LogP contribution in [-0.4, -0.2) is 14.8 Å². The van der Waals surface area contributed by atoms with Gasteiger partial charge >= 0.3 is 0 Å². The number of halogens is 1. The molecule has 0 saturated heterocycles. The van der Waals surface area contributed by atoms with Gasteiger partial charge in [0.1, 0.15) is 0 Å². The average molecular weight is 265 g/mol. The molecule has 0 radical (unpaired) electrons. The van der Waals surface area contributed by atoms with Crippen LogP contribution in [0.3, 0.4) is 0 Å². The number of nitrogens with zero attached hydrogens (tertiary/aromatic N) is 3. The third-order valence-corrected chi connectivity index (χ3v) is 3.07. The summed E-state index contributed by atoms with van der Waals surface area (Å²) in [5.41, 5.74) is 9.17. The number of nitrogens with two attached hydrogens (primary N) is 1. The maximum absolute atomic E-state index is 6.16. The van der Waals surface area contributed by atoms with E-state index in [-0.39, 0.29) is 6.04 Å². The fraction of sp³-hybridized carbons (Fsp3) is 0.385. The molecule has 2 N–H and O–H groups in total. The molecule has 2 rings (SSSR count). The maximum atomic E-state index is 6.16. The Morgan fingerprint density at radius 2 is 2.22 bits per heavy atom. The van der Waals surface area contributed by atoms with Crippen LogP contribution in [0, 0.1) is 6.92 Å². The number of aromatic nitrogens is 3. The summed E-state index contributed by atoms with van der Waals surface area (Å²) in [5, 5.41) is 5.03. The van der Waals surface area contributed by atoms with E-state index in [0.717, 1.165) is 30.0 Å². The molecule has 2 aromatic heterocycles. The van der Waals surface area contributed by atoms with E-state index >= 15 is 0 Å². The average Bonchev–Trinajstić information content (AvgIpc) is 2.70. The Morgan fingerprint density at radius 1 is 1.44 bits per heavy atom. The zero-order valence-corrected chi connectivity index (χ0v) is 11.4. The van der Waals surface area contributed by atoms with E-state index in [1.165, 1.54) is 0 Å². The molecular weight excluding hydrogens is 248 g/mol. The minimum atomic E-state index is -0.135. The van der Waals surface area contributed by atoms with Crippen molar-refractivity contribution in [2.24, 2.45) is 5.73 Å². The first kappa shape index (κ1) is 13.1. The minimum Gasteiger partial charge on any atom is -0.322 e. The Kier molecular flexibility index (Phi) is 3.99. The molecule has 1 atom stereocenters. The fourth-order valence-electron chi connectivity index (χ4n) is 1.97. The lowest BCUT2D eigenvalue weighted by molar-refractivity contribution is 0.582. The number of pyridine rings is 1. The lowest BCUT2D eigenvalue weighted by Gasteiger charge is -2.12.